The number of halogens is 3. The highest BCUT2D eigenvalue weighted by molar-refractivity contribution is 9.10. The Bertz CT molecular complexity index is 1400. The zero-order chi connectivity index (χ0) is 26.0. The van der Waals surface area contributed by atoms with Crippen LogP contribution in [0.2, 0.25) is 5.02 Å². The first-order valence-electron chi connectivity index (χ1n) is 10.2. The second-order valence-corrected chi connectivity index (χ2v) is 8.72. The number of nitro groups is 1. The van der Waals surface area contributed by atoms with Crippen LogP contribution in [0.5, 0.6) is 5.75 Å². The summed E-state index contributed by atoms with van der Waals surface area (Å²) in [5, 5.41) is 13.0. The Balaban J connectivity index is 1.57. The highest BCUT2D eigenvalue weighted by Gasteiger charge is 2.36. The maximum absolute atomic E-state index is 13.3. The monoisotopic (exact) mass is 573 g/mol. The van der Waals surface area contributed by atoms with Crippen molar-refractivity contribution in [2.45, 2.75) is 6.61 Å². The van der Waals surface area contributed by atoms with Crippen LogP contribution >= 0.6 is 27.5 Å². The topological polar surface area (TPSA) is 119 Å². The van der Waals surface area contributed by atoms with Gasteiger partial charge in [0.2, 0.25) is 0 Å². The van der Waals surface area contributed by atoms with Crippen molar-refractivity contribution >= 4 is 62.8 Å². The van der Waals surface area contributed by atoms with Crippen molar-refractivity contribution in [3.63, 3.8) is 0 Å². The van der Waals surface area contributed by atoms with Crippen LogP contribution in [0.15, 0.2) is 70.7 Å². The molecule has 0 saturated carbocycles. The average molecular weight is 575 g/mol. The molecule has 4 rings (SSSR count). The lowest BCUT2D eigenvalue weighted by molar-refractivity contribution is -0.384. The molecule has 4 amide bonds. The molecule has 3 aromatic rings. The SMILES string of the molecule is O=C1NC(=O)N(c2ccc(F)cc2)C(=O)/C1=C/c1cc(Cl)c(OCc2ccc([N+](=O)[O-])cc2)c(Br)c1. The largest absolute Gasteiger partial charge is 0.486 e. The minimum Gasteiger partial charge on any atom is -0.486 e. The standard InChI is InChI=1S/C24H14BrClFN3O6/c25-19-10-14(11-20(26)21(19)36-12-13-1-5-17(6-2-13)30(34)35)9-18-22(31)28-24(33)29(23(18)32)16-7-3-15(27)4-8-16/h1-11H,12H2,(H,28,31,33)/b18-9+. The number of carbonyl (C=O) groups excluding carboxylic acids is 3. The van der Waals surface area contributed by atoms with Gasteiger partial charge in [-0.1, -0.05) is 11.6 Å². The van der Waals surface area contributed by atoms with Crippen LogP contribution in [0, 0.1) is 15.9 Å². The molecule has 1 N–H and O–H groups in total. The van der Waals surface area contributed by atoms with Crippen LogP contribution in [-0.2, 0) is 16.2 Å². The van der Waals surface area contributed by atoms with E-state index in [0.29, 0.717) is 15.6 Å². The molecule has 0 atom stereocenters. The van der Waals surface area contributed by atoms with Crippen LogP contribution in [0.4, 0.5) is 20.6 Å². The molecule has 0 unspecified atom stereocenters. The third-order valence-corrected chi connectivity index (χ3v) is 5.92. The fraction of sp³-hybridized carbons (Fsp3) is 0.0417. The number of amides is 4. The van der Waals surface area contributed by atoms with Crippen LogP contribution in [-0.4, -0.2) is 22.8 Å². The van der Waals surface area contributed by atoms with Gasteiger partial charge in [-0.05, 0) is 81.7 Å². The third-order valence-electron chi connectivity index (χ3n) is 5.05. The van der Waals surface area contributed by atoms with E-state index in [1.807, 2.05) is 0 Å². The molecular formula is C24H14BrClFN3O6. The molecule has 1 saturated heterocycles. The second-order valence-electron chi connectivity index (χ2n) is 7.46. The van der Waals surface area contributed by atoms with Gasteiger partial charge in [-0.15, -0.1) is 0 Å². The van der Waals surface area contributed by atoms with Crippen molar-refractivity contribution in [2.24, 2.45) is 0 Å². The zero-order valence-corrected chi connectivity index (χ0v) is 20.4. The number of nitrogens with zero attached hydrogens (tertiary/aromatic N) is 2. The molecule has 0 aromatic heterocycles. The van der Waals surface area contributed by atoms with Gasteiger partial charge in [0.1, 0.15) is 18.0 Å². The highest BCUT2D eigenvalue weighted by atomic mass is 79.9. The maximum Gasteiger partial charge on any atom is 0.335 e. The summed E-state index contributed by atoms with van der Waals surface area (Å²) in [6.45, 7) is 0.0758. The molecule has 12 heteroatoms. The number of anilines is 1. The first-order chi connectivity index (χ1) is 17.1. The first kappa shape index (κ1) is 25.0. The number of hydrogen-bond donors (Lipinski definition) is 1. The second kappa shape index (κ2) is 10.3. The normalized spacial score (nSPS) is 14.7. The molecule has 9 nitrogen and oxygen atoms in total. The number of carbonyl (C=O) groups is 3. The summed E-state index contributed by atoms with van der Waals surface area (Å²) in [6.07, 6.45) is 1.26. The average Bonchev–Trinajstić information content (AvgIpc) is 2.82. The fourth-order valence-corrected chi connectivity index (χ4v) is 4.31. The number of non-ortho nitro benzene ring substituents is 1. The Kier molecular flexibility index (Phi) is 7.13. The van der Waals surface area contributed by atoms with Crippen LogP contribution in [0.25, 0.3) is 6.08 Å². The van der Waals surface area contributed by atoms with E-state index in [-0.39, 0.29) is 34.3 Å². The molecule has 36 heavy (non-hydrogen) atoms. The van der Waals surface area contributed by atoms with E-state index < -0.39 is 28.6 Å². The number of imide groups is 2. The van der Waals surface area contributed by atoms with Crippen molar-refractivity contribution in [2.75, 3.05) is 4.90 Å². The Hall–Kier alpha value is -4.09. The molecule has 0 spiro atoms. The number of urea groups is 1. The summed E-state index contributed by atoms with van der Waals surface area (Å²) in [4.78, 5) is 48.6. The smallest absolute Gasteiger partial charge is 0.335 e. The summed E-state index contributed by atoms with van der Waals surface area (Å²) >= 11 is 9.71. The quantitative estimate of drug-likeness (QED) is 0.182. The van der Waals surface area contributed by atoms with E-state index >= 15 is 0 Å². The van der Waals surface area contributed by atoms with Gasteiger partial charge < -0.3 is 4.74 Å². The van der Waals surface area contributed by atoms with Crippen LogP contribution < -0.4 is 15.0 Å². The summed E-state index contributed by atoms with van der Waals surface area (Å²) in [5.41, 5.74) is 0.746. The molecule has 1 fully saturated rings. The molecule has 1 heterocycles. The first-order valence-corrected chi connectivity index (χ1v) is 11.3. The molecule has 1 aliphatic heterocycles. The molecule has 1 aliphatic rings. The Morgan fingerprint density at radius 2 is 1.75 bits per heavy atom. The van der Waals surface area contributed by atoms with E-state index in [1.54, 1.807) is 18.2 Å². The number of benzene rings is 3. The van der Waals surface area contributed by atoms with Gasteiger partial charge in [0, 0.05) is 12.1 Å². The summed E-state index contributed by atoms with van der Waals surface area (Å²) in [7, 11) is 0. The molecule has 0 bridgehead atoms. The lowest BCUT2D eigenvalue weighted by Gasteiger charge is -2.26. The lowest BCUT2D eigenvalue weighted by atomic mass is 10.1. The van der Waals surface area contributed by atoms with Gasteiger partial charge in [0.15, 0.2) is 5.75 Å². The molecule has 3 aromatic carbocycles. The highest BCUT2D eigenvalue weighted by Crippen LogP contribution is 2.36. The van der Waals surface area contributed by atoms with Gasteiger partial charge in [0.25, 0.3) is 17.5 Å². The number of hydrogen-bond acceptors (Lipinski definition) is 6. The van der Waals surface area contributed by atoms with Gasteiger partial charge in [0.05, 0.1) is 20.1 Å². The van der Waals surface area contributed by atoms with Gasteiger partial charge in [-0.25, -0.2) is 14.1 Å². The van der Waals surface area contributed by atoms with Crippen molar-refractivity contribution < 1.29 is 28.4 Å². The van der Waals surface area contributed by atoms with Crippen molar-refractivity contribution in [1.29, 1.82) is 0 Å². The number of barbiturate groups is 1. The Labute approximate surface area is 216 Å². The van der Waals surface area contributed by atoms with Crippen molar-refractivity contribution in [3.05, 3.63) is 103 Å². The lowest BCUT2D eigenvalue weighted by Crippen LogP contribution is -2.54. The summed E-state index contributed by atoms with van der Waals surface area (Å²) < 4.78 is 19.4. The van der Waals surface area contributed by atoms with E-state index in [0.717, 1.165) is 17.0 Å². The minimum atomic E-state index is -0.956. The number of nitro benzene ring substituents is 1. The van der Waals surface area contributed by atoms with E-state index in [4.69, 9.17) is 16.3 Å². The number of ether oxygens (including phenoxy) is 1. The molecular weight excluding hydrogens is 561 g/mol. The minimum absolute atomic E-state index is 0.0451. The molecule has 182 valence electrons. The predicted molar refractivity (Wildman–Crippen MR) is 132 cm³/mol. The number of nitrogens with one attached hydrogen (secondary N) is 1. The number of rotatable bonds is 6. The van der Waals surface area contributed by atoms with Gasteiger partial charge in [-0.3, -0.25) is 25.0 Å². The van der Waals surface area contributed by atoms with Crippen molar-refractivity contribution in [3.8, 4) is 5.75 Å². The summed E-state index contributed by atoms with van der Waals surface area (Å²) in [6, 6.07) is 12.5. The molecule has 0 aliphatic carbocycles. The zero-order valence-electron chi connectivity index (χ0n) is 18.0. The van der Waals surface area contributed by atoms with Gasteiger partial charge in [-0.2, -0.15) is 0 Å². The van der Waals surface area contributed by atoms with E-state index in [9.17, 15) is 28.9 Å². The van der Waals surface area contributed by atoms with E-state index in [2.05, 4.69) is 21.2 Å². The predicted octanol–water partition coefficient (Wildman–Crippen LogP) is 5.40. The van der Waals surface area contributed by atoms with Crippen LogP contribution in [0.3, 0.4) is 0 Å². The van der Waals surface area contributed by atoms with Crippen molar-refractivity contribution in [1.82, 2.24) is 5.32 Å². The molecule has 0 radical (unpaired) electrons. The van der Waals surface area contributed by atoms with Crippen LogP contribution in [0.1, 0.15) is 11.1 Å². The summed E-state index contributed by atoms with van der Waals surface area (Å²) in [5.74, 6) is -2.05. The maximum atomic E-state index is 13.3. The van der Waals surface area contributed by atoms with E-state index in [1.165, 1.54) is 36.4 Å². The Morgan fingerprint density at radius 3 is 2.36 bits per heavy atom. The fourth-order valence-electron chi connectivity index (χ4n) is 3.32. The third kappa shape index (κ3) is 5.26. The van der Waals surface area contributed by atoms with Gasteiger partial charge >= 0.3 is 6.03 Å². The Morgan fingerprint density at radius 1 is 1.08 bits per heavy atom.